The fraction of sp³-hybridized carbons (Fsp3) is 0.611. The van der Waals surface area contributed by atoms with Gasteiger partial charge >= 0.3 is 0 Å². The van der Waals surface area contributed by atoms with E-state index in [1.165, 1.54) is 0 Å². The number of amides is 1. The summed E-state index contributed by atoms with van der Waals surface area (Å²) in [6, 6.07) is 5.56. The lowest BCUT2D eigenvalue weighted by Gasteiger charge is -2.46. The molecule has 0 radical (unpaired) electrons. The molecule has 2 aliphatic heterocycles. The molecule has 1 unspecified atom stereocenters. The molecular weight excluding hydrogens is 344 g/mol. The average molecular weight is 369 g/mol. The molecule has 0 aromatic heterocycles. The molecule has 1 amide bonds. The van der Waals surface area contributed by atoms with E-state index in [0.717, 1.165) is 57.5 Å². The van der Waals surface area contributed by atoms with E-state index in [0.29, 0.717) is 10.8 Å². The lowest BCUT2D eigenvalue weighted by atomic mass is 9.82. The van der Waals surface area contributed by atoms with Crippen molar-refractivity contribution in [2.24, 2.45) is 5.73 Å². The number of ether oxygens (including phenoxy) is 2. The van der Waals surface area contributed by atoms with Crippen molar-refractivity contribution < 1.29 is 19.4 Å². The van der Waals surface area contributed by atoms with Crippen molar-refractivity contribution >= 4 is 17.5 Å². The summed E-state index contributed by atoms with van der Waals surface area (Å²) in [6.07, 6.45) is 3.13. The second kappa shape index (κ2) is 7.91. The highest BCUT2D eigenvalue weighted by Gasteiger charge is 2.43. The lowest BCUT2D eigenvalue weighted by Crippen LogP contribution is -2.55. The number of halogens is 1. The fourth-order valence-electron chi connectivity index (χ4n) is 3.65. The van der Waals surface area contributed by atoms with Crippen LogP contribution in [0, 0.1) is 0 Å². The van der Waals surface area contributed by atoms with E-state index < -0.39 is 5.91 Å². The molecule has 0 saturated carbocycles. The van der Waals surface area contributed by atoms with Gasteiger partial charge in [-0.25, -0.2) is 0 Å². The SMILES string of the molecule is NC(=O)COc1ccc(CN2CCC3(CC2)OCCCC3O)cc1Cl. The lowest BCUT2D eigenvalue weighted by molar-refractivity contribution is -0.177. The van der Waals surface area contributed by atoms with E-state index >= 15 is 0 Å². The first-order valence-electron chi connectivity index (χ1n) is 8.72. The maximum atomic E-state index is 10.8. The Kier molecular flexibility index (Phi) is 5.84. The third-order valence-electron chi connectivity index (χ3n) is 5.09. The number of primary amides is 1. The minimum absolute atomic E-state index is 0.185. The second-order valence-corrected chi connectivity index (χ2v) is 7.27. The van der Waals surface area contributed by atoms with E-state index in [4.69, 9.17) is 26.8 Å². The van der Waals surface area contributed by atoms with Crippen LogP contribution >= 0.6 is 11.6 Å². The first-order chi connectivity index (χ1) is 12.0. The van der Waals surface area contributed by atoms with Crippen LogP contribution in [-0.2, 0) is 16.1 Å². The predicted octanol–water partition coefficient (Wildman–Crippen LogP) is 1.71. The van der Waals surface area contributed by atoms with E-state index in [2.05, 4.69) is 4.90 Å². The van der Waals surface area contributed by atoms with Crippen molar-refractivity contribution in [1.82, 2.24) is 4.90 Å². The minimum atomic E-state index is -0.533. The molecule has 2 heterocycles. The van der Waals surface area contributed by atoms with Gasteiger partial charge in [0.2, 0.25) is 0 Å². The largest absolute Gasteiger partial charge is 0.482 e. The molecule has 1 spiro atoms. The van der Waals surface area contributed by atoms with Gasteiger partial charge in [0.05, 0.1) is 16.7 Å². The van der Waals surface area contributed by atoms with Crippen LogP contribution in [-0.4, -0.2) is 53.9 Å². The summed E-state index contributed by atoms with van der Waals surface area (Å²) in [4.78, 5) is 13.1. The molecule has 2 saturated heterocycles. The zero-order valence-corrected chi connectivity index (χ0v) is 15.0. The molecule has 25 heavy (non-hydrogen) atoms. The number of rotatable bonds is 5. The summed E-state index contributed by atoms with van der Waals surface area (Å²) in [6.45, 7) is 3.11. The number of nitrogens with zero attached hydrogens (tertiary/aromatic N) is 1. The summed E-state index contributed by atoms with van der Waals surface area (Å²) >= 11 is 6.22. The summed E-state index contributed by atoms with van der Waals surface area (Å²) < 4.78 is 11.2. The normalized spacial score (nSPS) is 23.5. The van der Waals surface area contributed by atoms with Gasteiger partial charge in [-0.15, -0.1) is 0 Å². The van der Waals surface area contributed by atoms with Gasteiger partial charge in [-0.2, -0.15) is 0 Å². The molecule has 2 aliphatic rings. The number of piperidine rings is 1. The topological polar surface area (TPSA) is 85.0 Å². The van der Waals surface area contributed by atoms with Crippen molar-refractivity contribution in [3.05, 3.63) is 28.8 Å². The number of carbonyl (C=O) groups is 1. The highest BCUT2D eigenvalue weighted by atomic mass is 35.5. The molecule has 0 aliphatic carbocycles. The van der Waals surface area contributed by atoms with Crippen molar-refractivity contribution in [3.63, 3.8) is 0 Å². The Morgan fingerprint density at radius 1 is 1.44 bits per heavy atom. The number of hydrogen-bond acceptors (Lipinski definition) is 5. The number of aliphatic hydroxyl groups excluding tert-OH is 1. The number of hydrogen-bond donors (Lipinski definition) is 2. The van der Waals surface area contributed by atoms with Gasteiger partial charge in [-0.3, -0.25) is 9.69 Å². The Hall–Kier alpha value is -1.34. The molecule has 2 fully saturated rings. The van der Waals surface area contributed by atoms with E-state index in [-0.39, 0.29) is 18.3 Å². The van der Waals surface area contributed by atoms with Crippen LogP contribution in [0.1, 0.15) is 31.2 Å². The van der Waals surface area contributed by atoms with Crippen LogP contribution in [0.2, 0.25) is 5.02 Å². The van der Waals surface area contributed by atoms with E-state index in [1.807, 2.05) is 12.1 Å². The quantitative estimate of drug-likeness (QED) is 0.826. The van der Waals surface area contributed by atoms with Crippen molar-refractivity contribution in [2.75, 3.05) is 26.3 Å². The molecule has 3 rings (SSSR count). The summed E-state index contributed by atoms with van der Waals surface area (Å²) in [5, 5.41) is 10.8. The standard InChI is InChI=1S/C18H25ClN2O4/c19-14-10-13(3-4-15(14)24-12-17(20)23)11-21-7-5-18(6-8-21)16(22)2-1-9-25-18/h3-4,10,16,22H,1-2,5-9,11-12H2,(H2,20,23). The van der Waals surface area contributed by atoms with Crippen LogP contribution in [0.25, 0.3) is 0 Å². The first kappa shape index (κ1) is 18.5. The number of likely N-dealkylation sites (tertiary alicyclic amines) is 1. The molecule has 1 aromatic rings. The molecule has 1 atom stereocenters. The predicted molar refractivity (Wildman–Crippen MR) is 94.6 cm³/mol. The van der Waals surface area contributed by atoms with Gasteiger partial charge in [0.25, 0.3) is 5.91 Å². The van der Waals surface area contributed by atoms with Gasteiger partial charge < -0.3 is 20.3 Å². The Bertz CT molecular complexity index is 617. The molecule has 6 nitrogen and oxygen atoms in total. The van der Waals surface area contributed by atoms with Crippen molar-refractivity contribution in [2.45, 2.75) is 43.9 Å². The smallest absolute Gasteiger partial charge is 0.255 e. The number of benzene rings is 1. The van der Waals surface area contributed by atoms with Gasteiger partial charge in [0.1, 0.15) is 5.75 Å². The van der Waals surface area contributed by atoms with Crippen LogP contribution in [0.5, 0.6) is 5.75 Å². The van der Waals surface area contributed by atoms with Crippen molar-refractivity contribution in [1.29, 1.82) is 0 Å². The van der Waals surface area contributed by atoms with E-state index in [9.17, 15) is 9.90 Å². The van der Waals surface area contributed by atoms with Crippen molar-refractivity contribution in [3.8, 4) is 5.75 Å². The molecule has 1 aromatic carbocycles. The fourth-order valence-corrected chi connectivity index (χ4v) is 3.90. The zero-order chi connectivity index (χ0) is 17.9. The highest BCUT2D eigenvalue weighted by Crippen LogP contribution is 2.36. The van der Waals surface area contributed by atoms with Crippen LogP contribution in [0.3, 0.4) is 0 Å². The van der Waals surface area contributed by atoms with Crippen LogP contribution in [0.15, 0.2) is 18.2 Å². The Balaban J connectivity index is 1.55. The Morgan fingerprint density at radius 3 is 2.84 bits per heavy atom. The summed E-state index contributed by atoms with van der Waals surface area (Å²) in [5.41, 5.74) is 5.80. The zero-order valence-electron chi connectivity index (χ0n) is 14.2. The molecule has 138 valence electrons. The van der Waals surface area contributed by atoms with Crippen LogP contribution in [0.4, 0.5) is 0 Å². The Labute approximate surface area is 152 Å². The van der Waals surface area contributed by atoms with Crippen LogP contribution < -0.4 is 10.5 Å². The maximum Gasteiger partial charge on any atom is 0.255 e. The number of carbonyl (C=O) groups excluding carboxylic acids is 1. The molecular formula is C18H25ClN2O4. The average Bonchev–Trinajstić information content (AvgIpc) is 2.59. The third-order valence-corrected chi connectivity index (χ3v) is 5.39. The van der Waals surface area contributed by atoms with Gasteiger partial charge in [0.15, 0.2) is 6.61 Å². The third kappa shape index (κ3) is 4.44. The summed E-state index contributed by atoms with van der Waals surface area (Å²) in [7, 11) is 0. The van der Waals surface area contributed by atoms with Gasteiger partial charge in [0, 0.05) is 26.2 Å². The molecule has 3 N–H and O–H groups in total. The minimum Gasteiger partial charge on any atom is -0.482 e. The number of aliphatic hydroxyl groups is 1. The highest BCUT2D eigenvalue weighted by molar-refractivity contribution is 6.32. The Morgan fingerprint density at radius 2 is 2.20 bits per heavy atom. The van der Waals surface area contributed by atoms with Gasteiger partial charge in [-0.05, 0) is 43.4 Å². The van der Waals surface area contributed by atoms with Gasteiger partial charge in [-0.1, -0.05) is 17.7 Å². The van der Waals surface area contributed by atoms with E-state index in [1.54, 1.807) is 6.07 Å². The first-order valence-corrected chi connectivity index (χ1v) is 9.10. The molecule has 0 bridgehead atoms. The maximum absolute atomic E-state index is 10.8. The molecule has 7 heteroatoms. The summed E-state index contributed by atoms with van der Waals surface area (Å²) in [5.74, 6) is -0.0740. The second-order valence-electron chi connectivity index (χ2n) is 6.87. The monoisotopic (exact) mass is 368 g/mol. The number of nitrogens with two attached hydrogens (primary N) is 1.